The zero-order valence-corrected chi connectivity index (χ0v) is 13.3. The summed E-state index contributed by atoms with van der Waals surface area (Å²) in [5.41, 5.74) is 5.87. The molecule has 0 amide bonds. The van der Waals surface area contributed by atoms with Gasteiger partial charge < -0.3 is 5.11 Å². The summed E-state index contributed by atoms with van der Waals surface area (Å²) in [4.78, 5) is 4.61. The normalized spacial score (nSPS) is 11.9. The van der Waals surface area contributed by atoms with Gasteiger partial charge in [0.05, 0.1) is 6.61 Å². The Morgan fingerprint density at radius 3 is 2.28 bits per heavy atom. The molecule has 0 spiro atoms. The van der Waals surface area contributed by atoms with Gasteiger partial charge in [0.25, 0.3) is 0 Å². The van der Waals surface area contributed by atoms with Gasteiger partial charge in [0.1, 0.15) is 13.8 Å². The molecule has 18 heavy (non-hydrogen) atoms. The Labute approximate surface area is 111 Å². The fourth-order valence-corrected chi connectivity index (χ4v) is 1.88. The average molecular weight is 261 g/mol. The lowest BCUT2D eigenvalue weighted by Gasteiger charge is -2.18. The minimum atomic E-state index is -1.42. The van der Waals surface area contributed by atoms with Gasteiger partial charge in [-0.15, -0.1) is 5.54 Å². The largest absolute Gasteiger partial charge is 0.392 e. The molecule has 1 rings (SSSR count). The van der Waals surface area contributed by atoms with Crippen LogP contribution in [-0.4, -0.2) is 18.2 Å². The van der Waals surface area contributed by atoms with Crippen molar-refractivity contribution in [1.29, 1.82) is 0 Å². The van der Waals surface area contributed by atoms with E-state index in [4.69, 9.17) is 0 Å². The number of aliphatic hydroxyl groups is 1. The number of nitrogens with zero attached hydrogens (tertiary/aromatic N) is 1. The van der Waals surface area contributed by atoms with Gasteiger partial charge in [-0.05, 0) is 6.07 Å². The number of hydrogen-bond donors (Lipinski definition) is 1. The molecule has 0 saturated carbocycles. The first-order valence-electron chi connectivity index (χ1n) is 6.28. The minimum absolute atomic E-state index is 0.00355. The van der Waals surface area contributed by atoms with E-state index in [0.29, 0.717) is 0 Å². The average Bonchev–Trinajstić information content (AvgIpc) is 2.23. The van der Waals surface area contributed by atoms with Gasteiger partial charge in [-0.1, -0.05) is 52.4 Å². The Morgan fingerprint density at radius 1 is 1.22 bits per heavy atom. The fraction of sp³-hybridized carbons (Fsp3) is 0.533. The van der Waals surface area contributed by atoms with Crippen molar-refractivity contribution in [3.63, 3.8) is 0 Å². The zero-order chi connectivity index (χ0) is 14.0. The molecule has 1 aromatic heterocycles. The molecule has 1 heterocycles. The highest BCUT2D eigenvalue weighted by Crippen LogP contribution is 2.21. The van der Waals surface area contributed by atoms with Crippen LogP contribution in [0, 0.1) is 11.5 Å². The molecule has 0 radical (unpaired) electrons. The van der Waals surface area contributed by atoms with Crippen LogP contribution in [0.1, 0.15) is 37.7 Å². The molecular weight excluding hydrogens is 238 g/mol. The Morgan fingerprint density at radius 2 is 1.83 bits per heavy atom. The van der Waals surface area contributed by atoms with E-state index in [1.165, 1.54) is 0 Å². The molecule has 0 bridgehead atoms. The van der Waals surface area contributed by atoms with Gasteiger partial charge in [0, 0.05) is 16.7 Å². The fourth-order valence-electron chi connectivity index (χ4n) is 1.39. The number of aromatic nitrogens is 1. The van der Waals surface area contributed by atoms with Gasteiger partial charge in [0.15, 0.2) is 0 Å². The van der Waals surface area contributed by atoms with Crippen molar-refractivity contribution >= 4 is 8.07 Å². The summed E-state index contributed by atoms with van der Waals surface area (Å²) in [6.45, 7) is 13.0. The maximum Gasteiger partial charge on any atom is 0.129 e. The number of aliphatic hydroxyl groups excluding tert-OH is 1. The first-order chi connectivity index (χ1) is 8.13. The summed E-state index contributed by atoms with van der Waals surface area (Å²) in [7, 11) is -1.42. The van der Waals surface area contributed by atoms with E-state index in [1.807, 2.05) is 12.1 Å². The monoisotopic (exact) mass is 261 g/mol. The summed E-state index contributed by atoms with van der Waals surface area (Å²) in [5, 5.41) is 9.35. The molecule has 0 aliphatic carbocycles. The van der Waals surface area contributed by atoms with Crippen LogP contribution in [0.2, 0.25) is 19.6 Å². The molecule has 1 aromatic rings. The summed E-state index contributed by atoms with van der Waals surface area (Å²) in [6.07, 6.45) is 0. The van der Waals surface area contributed by atoms with E-state index < -0.39 is 8.07 Å². The second-order valence-electron chi connectivity index (χ2n) is 6.61. The van der Waals surface area contributed by atoms with Gasteiger partial charge in [-0.2, -0.15) is 0 Å². The number of pyridine rings is 1. The van der Waals surface area contributed by atoms with Crippen LogP contribution >= 0.6 is 0 Å². The van der Waals surface area contributed by atoms with Crippen molar-refractivity contribution in [2.24, 2.45) is 0 Å². The van der Waals surface area contributed by atoms with Crippen molar-refractivity contribution in [1.82, 2.24) is 4.98 Å². The van der Waals surface area contributed by atoms with Crippen LogP contribution in [0.25, 0.3) is 0 Å². The van der Waals surface area contributed by atoms with Crippen LogP contribution in [0.4, 0.5) is 0 Å². The van der Waals surface area contributed by atoms with E-state index in [2.05, 4.69) is 56.9 Å². The SMILES string of the molecule is CC(C)(C)c1ccc(CO)c(C#C[Si](C)(C)C)n1. The molecule has 1 N–H and O–H groups in total. The Hall–Kier alpha value is -1.11. The third kappa shape index (κ3) is 4.28. The summed E-state index contributed by atoms with van der Waals surface area (Å²) >= 11 is 0. The maximum absolute atomic E-state index is 9.35. The van der Waals surface area contributed by atoms with Crippen LogP contribution in [0.3, 0.4) is 0 Å². The first kappa shape index (κ1) is 14.9. The summed E-state index contributed by atoms with van der Waals surface area (Å²) < 4.78 is 0. The van der Waals surface area contributed by atoms with E-state index in [9.17, 15) is 5.11 Å². The number of rotatable bonds is 1. The smallest absolute Gasteiger partial charge is 0.129 e. The lowest BCUT2D eigenvalue weighted by molar-refractivity contribution is 0.281. The predicted octanol–water partition coefficient (Wildman–Crippen LogP) is 3.10. The summed E-state index contributed by atoms with van der Waals surface area (Å²) in [6, 6.07) is 3.91. The molecule has 0 aromatic carbocycles. The Balaban J connectivity index is 3.26. The molecule has 2 nitrogen and oxygen atoms in total. The second kappa shape index (κ2) is 5.25. The van der Waals surface area contributed by atoms with Gasteiger partial charge in [-0.25, -0.2) is 4.98 Å². The molecule has 0 fully saturated rings. The van der Waals surface area contributed by atoms with Crippen molar-refractivity contribution < 1.29 is 5.11 Å². The highest BCUT2D eigenvalue weighted by molar-refractivity contribution is 6.83. The molecular formula is C15H23NOSi. The quantitative estimate of drug-likeness (QED) is 0.622. The van der Waals surface area contributed by atoms with Gasteiger partial charge >= 0.3 is 0 Å². The molecule has 98 valence electrons. The third-order valence-electron chi connectivity index (χ3n) is 2.47. The highest BCUT2D eigenvalue weighted by Gasteiger charge is 2.17. The van der Waals surface area contributed by atoms with E-state index in [1.54, 1.807) is 0 Å². The van der Waals surface area contributed by atoms with Gasteiger partial charge in [-0.3, -0.25) is 0 Å². The highest BCUT2D eigenvalue weighted by atomic mass is 28.3. The first-order valence-corrected chi connectivity index (χ1v) is 9.78. The van der Waals surface area contributed by atoms with Gasteiger partial charge in [0.2, 0.25) is 0 Å². The lowest BCUT2D eigenvalue weighted by Crippen LogP contribution is -2.17. The Kier molecular flexibility index (Phi) is 4.36. The molecule has 0 saturated heterocycles. The van der Waals surface area contributed by atoms with Crippen LogP contribution in [-0.2, 0) is 12.0 Å². The lowest BCUT2D eigenvalue weighted by atomic mass is 9.91. The number of hydrogen-bond acceptors (Lipinski definition) is 2. The summed E-state index contributed by atoms with van der Waals surface area (Å²) in [5.74, 6) is 3.16. The molecule has 0 atom stereocenters. The van der Waals surface area contributed by atoms with Crippen molar-refractivity contribution in [3.8, 4) is 11.5 Å². The minimum Gasteiger partial charge on any atom is -0.392 e. The van der Waals surface area contributed by atoms with E-state index >= 15 is 0 Å². The standard InChI is InChI=1S/C15H23NOSi/c1-15(2,3)14-8-7-12(11-17)13(16-14)9-10-18(4,5)6/h7-8,17H,11H2,1-6H3. The predicted molar refractivity (Wildman–Crippen MR) is 79.1 cm³/mol. The molecule has 0 aliphatic heterocycles. The topological polar surface area (TPSA) is 33.1 Å². The van der Waals surface area contributed by atoms with E-state index in [-0.39, 0.29) is 12.0 Å². The second-order valence-corrected chi connectivity index (χ2v) is 11.4. The van der Waals surface area contributed by atoms with Crippen LogP contribution in [0.15, 0.2) is 12.1 Å². The third-order valence-corrected chi connectivity index (χ3v) is 3.35. The van der Waals surface area contributed by atoms with Crippen molar-refractivity contribution in [2.45, 2.75) is 52.4 Å². The van der Waals surface area contributed by atoms with Crippen molar-refractivity contribution in [3.05, 3.63) is 29.1 Å². The van der Waals surface area contributed by atoms with E-state index in [0.717, 1.165) is 17.0 Å². The molecule has 0 unspecified atom stereocenters. The molecule has 0 aliphatic rings. The van der Waals surface area contributed by atoms with Crippen molar-refractivity contribution in [2.75, 3.05) is 0 Å². The maximum atomic E-state index is 9.35. The van der Waals surface area contributed by atoms with Crippen LogP contribution < -0.4 is 0 Å². The van der Waals surface area contributed by atoms with Crippen LogP contribution in [0.5, 0.6) is 0 Å². The Bertz CT molecular complexity index is 484. The molecule has 3 heteroatoms. The zero-order valence-electron chi connectivity index (χ0n) is 12.3.